The van der Waals surface area contributed by atoms with Crippen LogP contribution in [0.15, 0.2) is 41.6 Å². The molecule has 1 aliphatic rings. The summed E-state index contributed by atoms with van der Waals surface area (Å²) in [5.74, 6) is 1.47. The van der Waals surface area contributed by atoms with E-state index in [0.29, 0.717) is 11.6 Å². The first-order valence-corrected chi connectivity index (χ1v) is 7.74. The average Bonchev–Trinajstić information content (AvgIpc) is 3.20. The van der Waals surface area contributed by atoms with Gasteiger partial charge < -0.3 is 20.0 Å². The van der Waals surface area contributed by atoms with Crippen molar-refractivity contribution in [3.63, 3.8) is 0 Å². The maximum atomic E-state index is 11.1. The number of aromatic nitrogens is 4. The molecule has 1 atom stereocenters. The predicted molar refractivity (Wildman–Crippen MR) is 90.3 cm³/mol. The van der Waals surface area contributed by atoms with Crippen molar-refractivity contribution in [2.24, 2.45) is 0 Å². The topological polar surface area (TPSA) is 95.7 Å². The zero-order chi connectivity index (χ0) is 16.5. The lowest BCUT2D eigenvalue weighted by Gasteiger charge is -2.11. The summed E-state index contributed by atoms with van der Waals surface area (Å²) in [4.78, 5) is 25.1. The highest BCUT2D eigenvalue weighted by Crippen LogP contribution is 2.27. The van der Waals surface area contributed by atoms with Gasteiger partial charge in [0.2, 0.25) is 5.95 Å². The van der Waals surface area contributed by atoms with Gasteiger partial charge in [-0.15, -0.1) is 0 Å². The lowest BCUT2D eigenvalue weighted by molar-refractivity contribution is 0.414. The molecule has 0 saturated heterocycles. The molecule has 2 heterocycles. The number of ether oxygens (including phenoxy) is 1. The van der Waals surface area contributed by atoms with Crippen LogP contribution in [0.4, 0.5) is 5.95 Å². The summed E-state index contributed by atoms with van der Waals surface area (Å²) in [6.45, 7) is 0. The van der Waals surface area contributed by atoms with Gasteiger partial charge in [-0.2, -0.15) is 0 Å². The Hall–Kier alpha value is -3.09. The SMILES string of the molecule is COc1ccc2c(c1)CC(Nc1ncc(-c3c[nH]c(=O)[nH]3)cn1)C2. The highest BCUT2D eigenvalue weighted by molar-refractivity contribution is 5.56. The van der Waals surface area contributed by atoms with E-state index >= 15 is 0 Å². The molecule has 122 valence electrons. The van der Waals surface area contributed by atoms with Crippen LogP contribution in [0.2, 0.25) is 0 Å². The predicted octanol–water partition coefficient (Wildman–Crippen LogP) is 1.75. The Morgan fingerprint density at radius 3 is 2.71 bits per heavy atom. The van der Waals surface area contributed by atoms with E-state index in [1.165, 1.54) is 11.1 Å². The minimum absolute atomic E-state index is 0.244. The molecule has 0 bridgehead atoms. The van der Waals surface area contributed by atoms with E-state index in [0.717, 1.165) is 24.2 Å². The number of anilines is 1. The zero-order valence-corrected chi connectivity index (χ0v) is 13.2. The van der Waals surface area contributed by atoms with Crippen LogP contribution in [-0.4, -0.2) is 33.1 Å². The third-order valence-corrected chi connectivity index (χ3v) is 4.24. The molecule has 0 spiro atoms. The Morgan fingerprint density at radius 1 is 1.21 bits per heavy atom. The van der Waals surface area contributed by atoms with E-state index in [1.807, 2.05) is 6.07 Å². The Bertz CT molecular complexity index is 913. The van der Waals surface area contributed by atoms with Crippen LogP contribution in [0.3, 0.4) is 0 Å². The van der Waals surface area contributed by atoms with Gasteiger partial charge in [-0.05, 0) is 36.1 Å². The molecule has 1 aromatic carbocycles. The molecule has 0 saturated carbocycles. The number of benzene rings is 1. The minimum Gasteiger partial charge on any atom is -0.497 e. The molecule has 0 aliphatic heterocycles. The van der Waals surface area contributed by atoms with Crippen molar-refractivity contribution in [3.8, 4) is 17.0 Å². The lowest BCUT2D eigenvalue weighted by atomic mass is 10.1. The Labute approximate surface area is 138 Å². The summed E-state index contributed by atoms with van der Waals surface area (Å²) in [6.07, 6.45) is 6.85. The lowest BCUT2D eigenvalue weighted by Crippen LogP contribution is -2.20. The molecule has 2 aromatic heterocycles. The molecule has 0 amide bonds. The Kier molecular flexibility index (Phi) is 3.53. The van der Waals surface area contributed by atoms with Gasteiger partial charge in [0.15, 0.2) is 0 Å². The Balaban J connectivity index is 1.46. The van der Waals surface area contributed by atoms with Crippen LogP contribution in [0.5, 0.6) is 5.75 Å². The van der Waals surface area contributed by atoms with Gasteiger partial charge in [0.05, 0.1) is 12.8 Å². The van der Waals surface area contributed by atoms with E-state index in [1.54, 1.807) is 25.7 Å². The van der Waals surface area contributed by atoms with Crippen molar-refractivity contribution in [3.05, 3.63) is 58.4 Å². The van der Waals surface area contributed by atoms with Crippen LogP contribution in [-0.2, 0) is 12.8 Å². The van der Waals surface area contributed by atoms with Crippen molar-refractivity contribution in [2.45, 2.75) is 18.9 Å². The van der Waals surface area contributed by atoms with Crippen LogP contribution >= 0.6 is 0 Å². The molecule has 4 rings (SSSR count). The highest BCUT2D eigenvalue weighted by atomic mass is 16.5. The van der Waals surface area contributed by atoms with Crippen LogP contribution in [0.1, 0.15) is 11.1 Å². The largest absolute Gasteiger partial charge is 0.497 e. The molecule has 7 nitrogen and oxygen atoms in total. The first kappa shape index (κ1) is 14.5. The summed E-state index contributed by atoms with van der Waals surface area (Å²) in [5, 5.41) is 3.37. The first-order chi connectivity index (χ1) is 11.7. The van der Waals surface area contributed by atoms with Gasteiger partial charge in [-0.25, -0.2) is 14.8 Å². The molecule has 3 N–H and O–H groups in total. The third-order valence-electron chi connectivity index (χ3n) is 4.24. The molecule has 0 fully saturated rings. The number of rotatable bonds is 4. The highest BCUT2D eigenvalue weighted by Gasteiger charge is 2.22. The quantitative estimate of drug-likeness (QED) is 0.680. The molecule has 1 unspecified atom stereocenters. The summed E-state index contributed by atoms with van der Waals surface area (Å²) in [5.41, 5.74) is 3.82. The fourth-order valence-electron chi connectivity index (χ4n) is 3.04. The van der Waals surface area contributed by atoms with E-state index in [-0.39, 0.29) is 11.7 Å². The monoisotopic (exact) mass is 323 g/mol. The molecular weight excluding hydrogens is 306 g/mol. The molecule has 0 radical (unpaired) electrons. The van der Waals surface area contributed by atoms with Gasteiger partial charge in [-0.3, -0.25) is 0 Å². The van der Waals surface area contributed by atoms with Gasteiger partial charge >= 0.3 is 5.69 Å². The molecular formula is C17H17N5O2. The van der Waals surface area contributed by atoms with Crippen molar-refractivity contribution in [1.29, 1.82) is 0 Å². The van der Waals surface area contributed by atoms with E-state index < -0.39 is 0 Å². The van der Waals surface area contributed by atoms with E-state index in [4.69, 9.17) is 4.74 Å². The van der Waals surface area contributed by atoms with Gasteiger partial charge in [0, 0.05) is 30.2 Å². The summed E-state index contributed by atoms with van der Waals surface area (Å²) in [7, 11) is 1.68. The van der Waals surface area contributed by atoms with E-state index in [9.17, 15) is 4.79 Å². The molecule has 24 heavy (non-hydrogen) atoms. The normalized spacial score (nSPS) is 16.0. The minimum atomic E-state index is -0.244. The summed E-state index contributed by atoms with van der Waals surface area (Å²) in [6, 6.07) is 6.46. The number of fused-ring (bicyclic) bond motifs is 1. The third kappa shape index (κ3) is 2.76. The second kappa shape index (κ2) is 5.84. The molecule has 3 aromatic rings. The number of methoxy groups -OCH3 is 1. The standard InChI is InChI=1S/C17H17N5O2/c1-24-14-3-2-10-4-13(5-11(10)6-14)21-16-18-7-12(8-19-16)15-9-20-17(23)22-15/h2-3,6-9,13H,4-5H2,1H3,(H,18,19,21)(H2,20,22,23). The molecule has 1 aliphatic carbocycles. The van der Waals surface area contributed by atoms with E-state index in [2.05, 4.69) is 37.4 Å². The van der Waals surface area contributed by atoms with Gasteiger partial charge in [0.25, 0.3) is 0 Å². The van der Waals surface area contributed by atoms with Crippen LogP contribution in [0.25, 0.3) is 11.3 Å². The number of hydrogen-bond acceptors (Lipinski definition) is 5. The summed E-state index contributed by atoms with van der Waals surface area (Å²) >= 11 is 0. The van der Waals surface area contributed by atoms with Gasteiger partial charge in [-0.1, -0.05) is 6.07 Å². The number of hydrogen-bond donors (Lipinski definition) is 3. The first-order valence-electron chi connectivity index (χ1n) is 7.74. The number of nitrogens with zero attached hydrogens (tertiary/aromatic N) is 2. The fraction of sp³-hybridized carbons (Fsp3) is 0.235. The van der Waals surface area contributed by atoms with Crippen molar-refractivity contribution < 1.29 is 4.74 Å². The number of imidazole rings is 1. The van der Waals surface area contributed by atoms with Crippen LogP contribution in [0, 0.1) is 0 Å². The summed E-state index contributed by atoms with van der Waals surface area (Å²) < 4.78 is 5.28. The molecule has 7 heteroatoms. The number of nitrogens with one attached hydrogen (secondary N) is 3. The van der Waals surface area contributed by atoms with Crippen molar-refractivity contribution in [2.75, 3.05) is 12.4 Å². The smallest absolute Gasteiger partial charge is 0.323 e. The fourth-order valence-corrected chi connectivity index (χ4v) is 3.04. The second-order valence-corrected chi connectivity index (χ2v) is 5.84. The van der Waals surface area contributed by atoms with Gasteiger partial charge in [0.1, 0.15) is 5.75 Å². The number of H-pyrrole nitrogens is 2. The van der Waals surface area contributed by atoms with Crippen LogP contribution < -0.4 is 15.7 Å². The Morgan fingerprint density at radius 2 is 2.00 bits per heavy atom. The number of aromatic amines is 2. The van der Waals surface area contributed by atoms with Crippen molar-refractivity contribution in [1.82, 2.24) is 19.9 Å². The average molecular weight is 323 g/mol. The maximum Gasteiger partial charge on any atom is 0.323 e. The van der Waals surface area contributed by atoms with Crippen molar-refractivity contribution >= 4 is 5.95 Å². The second-order valence-electron chi connectivity index (χ2n) is 5.84. The maximum absolute atomic E-state index is 11.1. The zero-order valence-electron chi connectivity index (χ0n) is 13.2.